The predicted molar refractivity (Wildman–Crippen MR) is 122 cm³/mol. The first kappa shape index (κ1) is 22.0. The minimum absolute atomic E-state index is 0.0262. The SMILES string of the molecule is CC(C)c1cc(C(=O)N(CCN(C)C)Cc2ccccc2)c2cnn(C(C)C)c2n1. The van der Waals surface area contributed by atoms with Crippen LogP contribution in [-0.4, -0.2) is 57.7 Å². The number of benzene rings is 1. The fourth-order valence-corrected chi connectivity index (χ4v) is 3.44. The number of fused-ring (bicyclic) bond motifs is 1. The van der Waals surface area contributed by atoms with Crippen LogP contribution in [0, 0.1) is 0 Å². The molecule has 0 radical (unpaired) electrons. The number of pyridine rings is 1. The molecule has 0 atom stereocenters. The first-order chi connectivity index (χ1) is 14.3. The second kappa shape index (κ2) is 9.39. The molecule has 6 heteroatoms. The Kier molecular flexibility index (Phi) is 6.87. The molecule has 0 unspecified atom stereocenters. The topological polar surface area (TPSA) is 54.3 Å². The van der Waals surface area contributed by atoms with Crippen LogP contribution in [0.25, 0.3) is 11.0 Å². The zero-order chi connectivity index (χ0) is 21.8. The average Bonchev–Trinajstić information content (AvgIpc) is 3.14. The van der Waals surface area contributed by atoms with E-state index in [1.807, 2.05) is 47.9 Å². The van der Waals surface area contributed by atoms with Gasteiger partial charge in [-0.05, 0) is 45.5 Å². The third kappa shape index (κ3) is 4.87. The summed E-state index contributed by atoms with van der Waals surface area (Å²) in [5, 5.41) is 5.35. The lowest BCUT2D eigenvalue weighted by atomic mass is 10.0. The van der Waals surface area contributed by atoms with E-state index in [0.29, 0.717) is 18.7 Å². The fourth-order valence-electron chi connectivity index (χ4n) is 3.44. The third-order valence-electron chi connectivity index (χ3n) is 5.22. The Morgan fingerprint density at radius 3 is 2.37 bits per heavy atom. The van der Waals surface area contributed by atoms with Gasteiger partial charge in [-0.15, -0.1) is 0 Å². The molecule has 2 heterocycles. The zero-order valence-electron chi connectivity index (χ0n) is 19.0. The summed E-state index contributed by atoms with van der Waals surface area (Å²) in [6.45, 7) is 10.4. The smallest absolute Gasteiger partial charge is 0.255 e. The van der Waals surface area contributed by atoms with Crippen molar-refractivity contribution >= 4 is 16.9 Å². The molecule has 160 valence electrons. The number of amides is 1. The molecule has 6 nitrogen and oxygen atoms in total. The maximum absolute atomic E-state index is 13.8. The van der Waals surface area contributed by atoms with Crippen LogP contribution in [0.4, 0.5) is 0 Å². The Labute approximate surface area is 179 Å². The Morgan fingerprint density at radius 1 is 1.07 bits per heavy atom. The summed E-state index contributed by atoms with van der Waals surface area (Å²) < 4.78 is 1.90. The van der Waals surface area contributed by atoms with Gasteiger partial charge in [0.25, 0.3) is 5.91 Å². The summed E-state index contributed by atoms with van der Waals surface area (Å²) in [6, 6.07) is 12.3. The molecule has 0 aliphatic heterocycles. The second-order valence-corrected chi connectivity index (χ2v) is 8.69. The van der Waals surface area contributed by atoms with Crippen LogP contribution in [0.1, 0.15) is 61.3 Å². The maximum atomic E-state index is 13.8. The number of aromatic nitrogens is 3. The quantitative estimate of drug-likeness (QED) is 0.557. The van der Waals surface area contributed by atoms with Gasteiger partial charge in [-0.3, -0.25) is 4.79 Å². The fraction of sp³-hybridized carbons (Fsp3) is 0.458. The first-order valence-corrected chi connectivity index (χ1v) is 10.6. The molecule has 30 heavy (non-hydrogen) atoms. The van der Waals surface area contributed by atoms with E-state index < -0.39 is 0 Å². The molecule has 0 saturated heterocycles. The van der Waals surface area contributed by atoms with E-state index in [0.717, 1.165) is 28.8 Å². The molecule has 0 aliphatic carbocycles. The molecule has 0 fully saturated rings. The summed E-state index contributed by atoms with van der Waals surface area (Å²) in [4.78, 5) is 22.6. The van der Waals surface area contributed by atoms with Crippen LogP contribution in [-0.2, 0) is 6.54 Å². The number of nitrogens with zero attached hydrogens (tertiary/aromatic N) is 5. The van der Waals surface area contributed by atoms with Gasteiger partial charge in [-0.25, -0.2) is 9.67 Å². The molecule has 0 N–H and O–H groups in total. The first-order valence-electron chi connectivity index (χ1n) is 10.6. The maximum Gasteiger partial charge on any atom is 0.255 e. The Bertz CT molecular complexity index is 992. The average molecular weight is 408 g/mol. The highest BCUT2D eigenvalue weighted by Gasteiger charge is 2.23. The lowest BCUT2D eigenvalue weighted by Gasteiger charge is -2.25. The highest BCUT2D eigenvalue weighted by atomic mass is 16.2. The lowest BCUT2D eigenvalue weighted by molar-refractivity contribution is 0.0733. The normalized spacial score (nSPS) is 11.8. The summed E-state index contributed by atoms with van der Waals surface area (Å²) in [6.07, 6.45) is 1.78. The summed E-state index contributed by atoms with van der Waals surface area (Å²) in [5.74, 6) is 0.249. The number of hydrogen-bond acceptors (Lipinski definition) is 4. The van der Waals surface area contributed by atoms with Crippen LogP contribution >= 0.6 is 0 Å². The summed E-state index contributed by atoms with van der Waals surface area (Å²) >= 11 is 0. The number of carbonyl (C=O) groups is 1. The van der Waals surface area contributed by atoms with Crippen molar-refractivity contribution in [1.29, 1.82) is 0 Å². The standard InChI is InChI=1S/C24H33N5O/c1-17(2)22-14-20(21-15-25-29(18(3)4)23(21)26-22)24(30)28(13-12-27(5)6)16-19-10-8-7-9-11-19/h7-11,14-15,17-18H,12-13,16H2,1-6H3. The summed E-state index contributed by atoms with van der Waals surface area (Å²) in [7, 11) is 4.05. The van der Waals surface area contributed by atoms with Gasteiger partial charge in [0, 0.05) is 31.4 Å². The summed E-state index contributed by atoms with van der Waals surface area (Å²) in [5.41, 5.74) is 3.51. The van der Waals surface area contributed by atoms with Crippen molar-refractivity contribution in [3.8, 4) is 0 Å². The minimum atomic E-state index is 0.0262. The van der Waals surface area contributed by atoms with Gasteiger partial charge in [0.05, 0.1) is 17.1 Å². The van der Waals surface area contributed by atoms with Crippen LogP contribution in [0.3, 0.4) is 0 Å². The van der Waals surface area contributed by atoms with E-state index in [9.17, 15) is 4.79 Å². The van der Waals surface area contributed by atoms with Gasteiger partial charge >= 0.3 is 0 Å². The number of hydrogen-bond donors (Lipinski definition) is 0. The number of likely N-dealkylation sites (N-methyl/N-ethyl adjacent to an activating group) is 1. The molecule has 0 spiro atoms. The van der Waals surface area contributed by atoms with Crippen molar-refractivity contribution in [1.82, 2.24) is 24.6 Å². The van der Waals surface area contributed by atoms with E-state index in [1.165, 1.54) is 0 Å². The van der Waals surface area contributed by atoms with Crippen molar-refractivity contribution in [2.24, 2.45) is 0 Å². The molecule has 0 saturated carbocycles. The number of carbonyl (C=O) groups excluding carboxylic acids is 1. The predicted octanol–water partition coefficient (Wildman–Crippen LogP) is 4.34. The largest absolute Gasteiger partial charge is 0.333 e. The molecule has 1 aromatic carbocycles. The van der Waals surface area contributed by atoms with E-state index in [-0.39, 0.29) is 17.9 Å². The monoisotopic (exact) mass is 407 g/mol. The van der Waals surface area contributed by atoms with E-state index >= 15 is 0 Å². The molecule has 3 rings (SSSR count). The highest BCUT2D eigenvalue weighted by molar-refractivity contribution is 6.05. The second-order valence-electron chi connectivity index (χ2n) is 8.69. The van der Waals surface area contributed by atoms with Crippen LogP contribution in [0.2, 0.25) is 0 Å². The Balaban J connectivity index is 2.06. The highest BCUT2D eigenvalue weighted by Crippen LogP contribution is 2.26. The van der Waals surface area contributed by atoms with Gasteiger partial charge in [0.2, 0.25) is 0 Å². The van der Waals surface area contributed by atoms with Crippen molar-refractivity contribution in [3.05, 3.63) is 59.4 Å². The van der Waals surface area contributed by atoms with Crippen molar-refractivity contribution in [2.75, 3.05) is 27.2 Å². The van der Waals surface area contributed by atoms with Crippen LogP contribution in [0.5, 0.6) is 0 Å². The van der Waals surface area contributed by atoms with Gasteiger partial charge in [-0.2, -0.15) is 5.10 Å². The lowest BCUT2D eigenvalue weighted by Crippen LogP contribution is -2.36. The zero-order valence-corrected chi connectivity index (χ0v) is 19.0. The molecule has 0 bridgehead atoms. The Morgan fingerprint density at radius 2 is 1.77 bits per heavy atom. The van der Waals surface area contributed by atoms with Gasteiger partial charge in [0.1, 0.15) is 0 Å². The van der Waals surface area contributed by atoms with Crippen LogP contribution in [0.15, 0.2) is 42.6 Å². The molecule has 3 aromatic rings. The molecular formula is C24H33N5O. The van der Waals surface area contributed by atoms with E-state index in [1.54, 1.807) is 6.20 Å². The van der Waals surface area contributed by atoms with Gasteiger partial charge < -0.3 is 9.80 Å². The van der Waals surface area contributed by atoms with Gasteiger partial charge in [-0.1, -0.05) is 44.2 Å². The van der Waals surface area contributed by atoms with Crippen molar-refractivity contribution < 1.29 is 4.79 Å². The molecule has 1 amide bonds. The Hall–Kier alpha value is -2.73. The molecule has 2 aromatic heterocycles. The number of rotatable bonds is 8. The van der Waals surface area contributed by atoms with Crippen molar-refractivity contribution in [3.63, 3.8) is 0 Å². The van der Waals surface area contributed by atoms with E-state index in [2.05, 4.69) is 49.8 Å². The minimum Gasteiger partial charge on any atom is -0.333 e. The van der Waals surface area contributed by atoms with Crippen LogP contribution < -0.4 is 0 Å². The van der Waals surface area contributed by atoms with Crippen molar-refractivity contribution in [2.45, 2.75) is 46.2 Å². The third-order valence-corrected chi connectivity index (χ3v) is 5.22. The molecular weight excluding hydrogens is 374 g/mol. The van der Waals surface area contributed by atoms with Gasteiger partial charge in [0.15, 0.2) is 5.65 Å². The molecule has 0 aliphatic rings. The van der Waals surface area contributed by atoms with E-state index in [4.69, 9.17) is 4.98 Å².